The van der Waals surface area contributed by atoms with E-state index in [1.807, 2.05) is 6.07 Å². The lowest BCUT2D eigenvalue weighted by Gasteiger charge is -2.04. The Morgan fingerprint density at radius 1 is 1.08 bits per heavy atom. The van der Waals surface area contributed by atoms with Crippen molar-refractivity contribution in [3.05, 3.63) is 63.6 Å². The second kappa shape index (κ2) is 8.11. The van der Waals surface area contributed by atoms with Gasteiger partial charge in [-0.15, -0.1) is 0 Å². The van der Waals surface area contributed by atoms with Crippen LogP contribution in [-0.4, -0.2) is 18.0 Å². The highest BCUT2D eigenvalue weighted by Gasteiger charge is 2.12. The van der Waals surface area contributed by atoms with Crippen LogP contribution in [0, 0.1) is 11.3 Å². The van der Waals surface area contributed by atoms with Crippen LogP contribution in [-0.2, 0) is 9.59 Å². The van der Waals surface area contributed by atoms with Crippen molar-refractivity contribution in [2.45, 2.75) is 0 Å². The van der Waals surface area contributed by atoms with Crippen LogP contribution in [0.2, 0.25) is 10.0 Å². The van der Waals surface area contributed by atoms with E-state index in [1.165, 1.54) is 30.5 Å². The summed E-state index contributed by atoms with van der Waals surface area (Å²) in [5.41, 5.74) is 3.41. The fourth-order valence-corrected chi connectivity index (χ4v) is 2.00. The van der Waals surface area contributed by atoms with Gasteiger partial charge in [0.05, 0.1) is 27.9 Å². The number of rotatable bonds is 3. The van der Waals surface area contributed by atoms with Gasteiger partial charge >= 0.3 is 11.8 Å². The maximum atomic E-state index is 11.7. The molecule has 0 radical (unpaired) electrons. The molecule has 120 valence electrons. The van der Waals surface area contributed by atoms with Crippen molar-refractivity contribution in [1.82, 2.24) is 5.43 Å². The second-order valence-electron chi connectivity index (χ2n) is 4.49. The molecule has 0 aliphatic rings. The Bertz CT molecular complexity index is 842. The highest BCUT2D eigenvalue weighted by Crippen LogP contribution is 2.24. The molecule has 0 saturated carbocycles. The van der Waals surface area contributed by atoms with Crippen LogP contribution in [0.5, 0.6) is 0 Å². The van der Waals surface area contributed by atoms with E-state index in [-0.39, 0.29) is 0 Å². The van der Waals surface area contributed by atoms with E-state index in [1.54, 1.807) is 18.2 Å². The van der Waals surface area contributed by atoms with Gasteiger partial charge in [0.2, 0.25) is 0 Å². The summed E-state index contributed by atoms with van der Waals surface area (Å²) in [6, 6.07) is 13.0. The fourth-order valence-electron chi connectivity index (χ4n) is 1.65. The van der Waals surface area contributed by atoms with Gasteiger partial charge in [-0.1, -0.05) is 35.3 Å². The normalized spacial score (nSPS) is 10.2. The quantitative estimate of drug-likeness (QED) is 0.500. The van der Waals surface area contributed by atoms with Gasteiger partial charge < -0.3 is 5.32 Å². The van der Waals surface area contributed by atoms with Crippen molar-refractivity contribution in [1.29, 1.82) is 5.26 Å². The molecule has 2 N–H and O–H groups in total. The van der Waals surface area contributed by atoms with Crippen molar-refractivity contribution in [2.24, 2.45) is 5.10 Å². The van der Waals surface area contributed by atoms with E-state index in [2.05, 4.69) is 15.8 Å². The van der Waals surface area contributed by atoms with Crippen molar-refractivity contribution < 1.29 is 9.59 Å². The number of hydrogen-bond acceptors (Lipinski definition) is 4. The molecular formula is C16H10Cl2N4O2. The van der Waals surface area contributed by atoms with Gasteiger partial charge in [0, 0.05) is 11.3 Å². The largest absolute Gasteiger partial charge is 0.329 e. The lowest BCUT2D eigenvalue weighted by molar-refractivity contribution is -0.136. The smallest absolute Gasteiger partial charge is 0.318 e. The Hall–Kier alpha value is -2.88. The summed E-state index contributed by atoms with van der Waals surface area (Å²) in [5.74, 6) is -1.84. The average Bonchev–Trinajstić information content (AvgIpc) is 2.59. The maximum Gasteiger partial charge on any atom is 0.329 e. The molecule has 2 amide bonds. The number of benzene rings is 2. The van der Waals surface area contributed by atoms with Crippen LogP contribution in [0.1, 0.15) is 11.1 Å². The topological polar surface area (TPSA) is 94.4 Å². The minimum Gasteiger partial charge on any atom is -0.318 e. The van der Waals surface area contributed by atoms with E-state index in [9.17, 15) is 9.59 Å². The monoisotopic (exact) mass is 360 g/mol. The molecule has 24 heavy (non-hydrogen) atoms. The number of halogens is 2. The Labute approximate surface area is 147 Å². The van der Waals surface area contributed by atoms with Gasteiger partial charge in [-0.3, -0.25) is 9.59 Å². The molecule has 0 spiro atoms. The van der Waals surface area contributed by atoms with Crippen LogP contribution in [0.4, 0.5) is 5.69 Å². The lowest BCUT2D eigenvalue weighted by Crippen LogP contribution is -2.32. The number of nitrogens with one attached hydrogen (secondary N) is 2. The summed E-state index contributed by atoms with van der Waals surface area (Å²) in [6.07, 6.45) is 1.28. The fraction of sp³-hybridized carbons (Fsp3) is 0. The maximum absolute atomic E-state index is 11.7. The van der Waals surface area contributed by atoms with Crippen LogP contribution in [0.15, 0.2) is 47.6 Å². The number of carbonyl (C=O) groups excluding carboxylic acids is 2. The number of nitriles is 1. The van der Waals surface area contributed by atoms with E-state index in [0.717, 1.165) is 0 Å². The number of anilines is 1. The molecule has 0 fully saturated rings. The first-order valence-electron chi connectivity index (χ1n) is 6.60. The zero-order valence-corrected chi connectivity index (χ0v) is 13.6. The third-order valence-electron chi connectivity index (χ3n) is 2.83. The SMILES string of the molecule is N#Cc1ccc(NC(=O)C(=O)NN=Cc2cccc(Cl)c2Cl)cc1. The highest BCUT2D eigenvalue weighted by molar-refractivity contribution is 6.43. The molecule has 2 rings (SSSR count). The molecule has 0 atom stereocenters. The first kappa shape index (κ1) is 17.5. The average molecular weight is 361 g/mol. The van der Waals surface area contributed by atoms with Crippen molar-refractivity contribution in [3.8, 4) is 6.07 Å². The Balaban J connectivity index is 1.94. The summed E-state index contributed by atoms with van der Waals surface area (Å²) in [5, 5.41) is 15.4. The molecule has 6 nitrogen and oxygen atoms in total. The standard InChI is InChI=1S/C16H10Cl2N4O2/c17-13-3-1-2-11(14(13)18)9-20-22-16(24)15(23)21-12-6-4-10(8-19)5-7-12/h1-7,9H,(H,21,23)(H,22,24). The van der Waals surface area contributed by atoms with Crippen molar-refractivity contribution in [2.75, 3.05) is 5.32 Å². The summed E-state index contributed by atoms with van der Waals surface area (Å²) >= 11 is 11.8. The number of nitrogens with zero attached hydrogens (tertiary/aromatic N) is 2. The third-order valence-corrected chi connectivity index (χ3v) is 3.66. The molecule has 0 saturated heterocycles. The summed E-state index contributed by atoms with van der Waals surface area (Å²) in [6.45, 7) is 0. The van der Waals surface area contributed by atoms with E-state index in [4.69, 9.17) is 28.5 Å². The second-order valence-corrected chi connectivity index (χ2v) is 5.27. The molecule has 2 aromatic carbocycles. The Kier molecular flexibility index (Phi) is 5.90. The molecule has 0 unspecified atom stereocenters. The molecule has 0 heterocycles. The summed E-state index contributed by atoms with van der Waals surface area (Å²) in [7, 11) is 0. The van der Waals surface area contributed by atoms with Gasteiger partial charge in [-0.2, -0.15) is 10.4 Å². The van der Waals surface area contributed by atoms with Gasteiger partial charge in [-0.05, 0) is 30.3 Å². The molecule has 2 aromatic rings. The number of hydrazone groups is 1. The molecule has 0 bridgehead atoms. The predicted molar refractivity (Wildman–Crippen MR) is 92.0 cm³/mol. The Morgan fingerprint density at radius 3 is 2.46 bits per heavy atom. The van der Waals surface area contributed by atoms with Gasteiger partial charge in [-0.25, -0.2) is 5.43 Å². The van der Waals surface area contributed by atoms with E-state index in [0.29, 0.717) is 26.9 Å². The van der Waals surface area contributed by atoms with E-state index < -0.39 is 11.8 Å². The highest BCUT2D eigenvalue weighted by atomic mass is 35.5. The number of hydrogen-bond donors (Lipinski definition) is 2. The first-order chi connectivity index (χ1) is 11.5. The van der Waals surface area contributed by atoms with E-state index >= 15 is 0 Å². The zero-order chi connectivity index (χ0) is 17.5. The minimum atomic E-state index is -0.950. The first-order valence-corrected chi connectivity index (χ1v) is 7.35. The van der Waals surface area contributed by atoms with Crippen LogP contribution >= 0.6 is 23.2 Å². The molecule has 0 aliphatic carbocycles. The van der Waals surface area contributed by atoms with Crippen molar-refractivity contribution in [3.63, 3.8) is 0 Å². The molecule has 0 aromatic heterocycles. The van der Waals surface area contributed by atoms with Crippen molar-refractivity contribution >= 4 is 46.9 Å². The van der Waals surface area contributed by atoms with Gasteiger partial charge in [0.1, 0.15) is 0 Å². The summed E-state index contributed by atoms with van der Waals surface area (Å²) < 4.78 is 0. The molecular weight excluding hydrogens is 351 g/mol. The lowest BCUT2D eigenvalue weighted by atomic mass is 10.2. The predicted octanol–water partition coefficient (Wildman–Crippen LogP) is 2.95. The van der Waals surface area contributed by atoms with Crippen LogP contribution in [0.3, 0.4) is 0 Å². The van der Waals surface area contributed by atoms with Crippen LogP contribution < -0.4 is 10.7 Å². The van der Waals surface area contributed by atoms with Gasteiger partial charge in [0.15, 0.2) is 0 Å². The third kappa shape index (κ3) is 4.56. The minimum absolute atomic E-state index is 0.291. The van der Waals surface area contributed by atoms with Gasteiger partial charge in [0.25, 0.3) is 0 Å². The Morgan fingerprint density at radius 2 is 1.79 bits per heavy atom. The number of amides is 2. The zero-order valence-electron chi connectivity index (χ0n) is 12.1. The summed E-state index contributed by atoms with van der Waals surface area (Å²) in [4.78, 5) is 23.4. The molecule has 8 heteroatoms. The number of carbonyl (C=O) groups is 2. The molecule has 0 aliphatic heterocycles. The van der Waals surface area contributed by atoms with Crippen LogP contribution in [0.25, 0.3) is 0 Å².